The van der Waals surface area contributed by atoms with Gasteiger partial charge < -0.3 is 5.11 Å². The lowest BCUT2D eigenvalue weighted by Gasteiger charge is -2.10. The molecule has 0 amide bonds. The summed E-state index contributed by atoms with van der Waals surface area (Å²) in [4.78, 5) is 16.7. The normalized spacial score (nSPS) is 10.8. The third-order valence-electron chi connectivity index (χ3n) is 3.90. The van der Waals surface area contributed by atoms with Gasteiger partial charge in [0, 0.05) is 11.5 Å². The van der Waals surface area contributed by atoms with E-state index in [2.05, 4.69) is 4.98 Å². The smallest absolute Gasteiger partial charge is 0.329 e. The minimum absolute atomic E-state index is 0.00658. The van der Waals surface area contributed by atoms with E-state index in [1.165, 1.54) is 10.9 Å². The third-order valence-corrected chi connectivity index (χ3v) is 3.90. The molecule has 0 bridgehead atoms. The number of hydrogen-bond acceptors (Lipinski definition) is 3. The summed E-state index contributed by atoms with van der Waals surface area (Å²) in [6.45, 7) is 0. The van der Waals surface area contributed by atoms with Crippen molar-refractivity contribution >= 4 is 10.8 Å². The molecule has 0 aliphatic heterocycles. The largest absolute Gasteiger partial charge is 0.854 e. The fraction of sp³-hybridized carbons (Fsp3) is 0. The molecule has 0 radical (unpaired) electrons. The van der Waals surface area contributed by atoms with Crippen molar-refractivity contribution < 1.29 is 9.67 Å². The van der Waals surface area contributed by atoms with Crippen molar-refractivity contribution in [3.8, 4) is 17.3 Å². The van der Waals surface area contributed by atoms with Crippen molar-refractivity contribution in [1.29, 1.82) is 0 Å². The van der Waals surface area contributed by atoms with Crippen molar-refractivity contribution in [2.75, 3.05) is 0 Å². The van der Waals surface area contributed by atoms with Crippen LogP contribution >= 0.6 is 0 Å². The summed E-state index contributed by atoms with van der Waals surface area (Å²) in [7, 11) is 0. The standard InChI is InChI=1S/C19H13N3O2/c23-18-17(21-11-10-14-6-4-5-7-15(14)12-21)19(24)22(13-20-18)16-8-2-1-3-9-16/h1-13H. The van der Waals surface area contributed by atoms with Crippen LogP contribution in [0.3, 0.4) is 0 Å². The van der Waals surface area contributed by atoms with Gasteiger partial charge in [-0.25, -0.2) is 4.98 Å². The monoisotopic (exact) mass is 315 g/mol. The Balaban J connectivity index is 1.95. The highest BCUT2D eigenvalue weighted by Crippen LogP contribution is 2.13. The van der Waals surface area contributed by atoms with Gasteiger partial charge in [0.1, 0.15) is 6.33 Å². The number of nitrogens with zero attached hydrogens (tertiary/aromatic N) is 3. The van der Waals surface area contributed by atoms with E-state index in [9.17, 15) is 9.90 Å². The Morgan fingerprint density at radius 3 is 2.42 bits per heavy atom. The van der Waals surface area contributed by atoms with Gasteiger partial charge in [-0.3, -0.25) is 9.36 Å². The Hall–Kier alpha value is -3.47. The van der Waals surface area contributed by atoms with E-state index >= 15 is 0 Å². The van der Waals surface area contributed by atoms with Crippen LogP contribution in [0.2, 0.25) is 0 Å². The average Bonchev–Trinajstić information content (AvgIpc) is 2.62. The summed E-state index contributed by atoms with van der Waals surface area (Å²) >= 11 is 0. The van der Waals surface area contributed by atoms with Crippen molar-refractivity contribution in [3.63, 3.8) is 0 Å². The SMILES string of the molecule is O=c1c(-[n+]2ccc3ccccc3c2)c([O-])ncn1-c1ccccc1. The first kappa shape index (κ1) is 14.1. The quantitative estimate of drug-likeness (QED) is 0.529. The molecule has 116 valence electrons. The number of para-hydroxylation sites is 1. The van der Waals surface area contributed by atoms with Gasteiger partial charge in [-0.15, -0.1) is 0 Å². The Kier molecular flexibility index (Phi) is 3.31. The summed E-state index contributed by atoms with van der Waals surface area (Å²) in [5.41, 5.74) is 0.270. The number of benzene rings is 2. The van der Waals surface area contributed by atoms with Gasteiger partial charge in [-0.05, 0) is 23.6 Å². The summed E-state index contributed by atoms with van der Waals surface area (Å²) in [5, 5.41) is 14.2. The molecule has 5 nitrogen and oxygen atoms in total. The van der Waals surface area contributed by atoms with E-state index in [-0.39, 0.29) is 5.69 Å². The van der Waals surface area contributed by atoms with Crippen LogP contribution in [-0.2, 0) is 0 Å². The van der Waals surface area contributed by atoms with Gasteiger partial charge in [0.25, 0.3) is 5.69 Å². The molecule has 0 saturated carbocycles. The minimum atomic E-state index is -0.549. The van der Waals surface area contributed by atoms with E-state index in [4.69, 9.17) is 0 Å². The van der Waals surface area contributed by atoms with Crippen molar-refractivity contribution in [2.24, 2.45) is 0 Å². The first-order valence-corrected chi connectivity index (χ1v) is 7.48. The number of rotatable bonds is 2. The van der Waals surface area contributed by atoms with Gasteiger partial charge >= 0.3 is 5.56 Å². The first-order chi connectivity index (χ1) is 11.7. The zero-order chi connectivity index (χ0) is 16.5. The van der Waals surface area contributed by atoms with Gasteiger partial charge in [0.15, 0.2) is 12.4 Å². The second-order valence-corrected chi connectivity index (χ2v) is 5.39. The lowest BCUT2D eigenvalue weighted by Crippen LogP contribution is -2.40. The van der Waals surface area contributed by atoms with Crippen molar-refractivity contribution in [1.82, 2.24) is 9.55 Å². The zero-order valence-electron chi connectivity index (χ0n) is 12.7. The molecule has 0 aliphatic rings. The van der Waals surface area contributed by atoms with E-state index < -0.39 is 11.4 Å². The molecule has 0 spiro atoms. The molecule has 2 aromatic heterocycles. The Bertz CT molecular complexity index is 1090. The van der Waals surface area contributed by atoms with Crippen LogP contribution in [0.1, 0.15) is 0 Å². The van der Waals surface area contributed by atoms with Crippen LogP contribution < -0.4 is 15.2 Å². The Labute approximate surface area is 137 Å². The molecule has 4 rings (SSSR count). The van der Waals surface area contributed by atoms with Crippen LogP contribution in [0.25, 0.3) is 22.1 Å². The molecule has 0 saturated heterocycles. The molecule has 24 heavy (non-hydrogen) atoms. The number of pyridine rings is 1. The summed E-state index contributed by atoms with van der Waals surface area (Å²) in [5.74, 6) is -0.549. The summed E-state index contributed by atoms with van der Waals surface area (Å²) < 4.78 is 2.92. The van der Waals surface area contributed by atoms with Gasteiger partial charge in [-0.1, -0.05) is 36.4 Å². The summed E-state index contributed by atoms with van der Waals surface area (Å²) in [6.07, 6.45) is 4.74. The minimum Gasteiger partial charge on any atom is -0.854 e. The topological polar surface area (TPSA) is 61.8 Å². The maximum Gasteiger partial charge on any atom is 0.329 e. The van der Waals surface area contributed by atoms with Crippen LogP contribution in [0.15, 0.2) is 84.2 Å². The highest BCUT2D eigenvalue weighted by molar-refractivity contribution is 5.80. The molecule has 4 aromatic rings. The van der Waals surface area contributed by atoms with Crippen molar-refractivity contribution in [3.05, 3.63) is 89.7 Å². The maximum absolute atomic E-state index is 12.8. The molecule has 0 N–H and O–H groups in total. The van der Waals surface area contributed by atoms with Gasteiger partial charge in [-0.2, -0.15) is 4.57 Å². The third kappa shape index (κ3) is 2.32. The molecule has 0 atom stereocenters. The summed E-state index contributed by atoms with van der Waals surface area (Å²) in [6, 6.07) is 18.7. The molecule has 0 unspecified atom stereocenters. The van der Waals surface area contributed by atoms with Gasteiger partial charge in [0.2, 0.25) is 0 Å². The average molecular weight is 315 g/mol. The number of hydrogen-bond donors (Lipinski definition) is 0. The molecule has 2 aromatic carbocycles. The molecule has 5 heteroatoms. The lowest BCUT2D eigenvalue weighted by molar-refractivity contribution is -0.600. The molecule has 0 fully saturated rings. The Morgan fingerprint density at radius 2 is 1.62 bits per heavy atom. The predicted octanol–water partition coefficient (Wildman–Crippen LogP) is 1.74. The first-order valence-electron chi connectivity index (χ1n) is 7.48. The fourth-order valence-electron chi connectivity index (χ4n) is 2.70. The zero-order valence-corrected chi connectivity index (χ0v) is 12.7. The highest BCUT2D eigenvalue weighted by Gasteiger charge is 2.17. The van der Waals surface area contributed by atoms with Gasteiger partial charge in [0.05, 0.1) is 11.6 Å². The second kappa shape index (κ2) is 5.62. The molecule has 2 heterocycles. The van der Waals surface area contributed by atoms with Crippen molar-refractivity contribution in [2.45, 2.75) is 0 Å². The highest BCUT2D eigenvalue weighted by atomic mass is 16.3. The predicted molar refractivity (Wildman–Crippen MR) is 88.3 cm³/mol. The Morgan fingerprint density at radius 1 is 0.917 bits per heavy atom. The van der Waals surface area contributed by atoms with E-state index in [0.29, 0.717) is 5.69 Å². The lowest BCUT2D eigenvalue weighted by atomic mass is 10.2. The van der Waals surface area contributed by atoms with E-state index in [0.717, 1.165) is 10.8 Å². The fourth-order valence-corrected chi connectivity index (χ4v) is 2.70. The second-order valence-electron chi connectivity index (χ2n) is 5.39. The van der Waals surface area contributed by atoms with Crippen LogP contribution in [0.4, 0.5) is 0 Å². The van der Waals surface area contributed by atoms with E-state index in [1.807, 2.05) is 48.5 Å². The number of fused-ring (bicyclic) bond motifs is 1. The van der Waals surface area contributed by atoms with E-state index in [1.54, 1.807) is 29.1 Å². The van der Waals surface area contributed by atoms with Crippen LogP contribution in [0.5, 0.6) is 5.88 Å². The van der Waals surface area contributed by atoms with Crippen LogP contribution in [0, 0.1) is 0 Å². The molecule has 0 aliphatic carbocycles. The van der Waals surface area contributed by atoms with Crippen LogP contribution in [-0.4, -0.2) is 9.55 Å². The maximum atomic E-state index is 12.8. The number of aromatic nitrogens is 3. The molecular formula is C19H13N3O2. The molecular weight excluding hydrogens is 302 g/mol.